The van der Waals surface area contributed by atoms with Crippen molar-refractivity contribution in [3.8, 4) is 5.75 Å². The molecular weight excluding hydrogens is 633 g/mol. The monoisotopic (exact) mass is 673 g/mol. The third kappa shape index (κ3) is 9.61. The number of ether oxygens (including phenoxy) is 1. The van der Waals surface area contributed by atoms with E-state index in [4.69, 9.17) is 27.9 Å². The molecule has 1 fully saturated rings. The lowest BCUT2D eigenvalue weighted by Crippen LogP contribution is -2.53. The van der Waals surface area contributed by atoms with Crippen molar-refractivity contribution in [2.75, 3.05) is 24.2 Å². The highest BCUT2D eigenvalue weighted by Gasteiger charge is 2.33. The Labute approximate surface area is 276 Å². The Morgan fingerprint density at radius 2 is 1.58 bits per heavy atom. The summed E-state index contributed by atoms with van der Waals surface area (Å²) in [5.41, 5.74) is 1.84. The van der Waals surface area contributed by atoms with Crippen LogP contribution in [0.5, 0.6) is 5.75 Å². The highest BCUT2D eigenvalue weighted by molar-refractivity contribution is 7.92. The molecule has 11 heteroatoms. The second-order valence-corrected chi connectivity index (χ2v) is 14.1. The average Bonchev–Trinajstić information content (AvgIpc) is 3.02. The summed E-state index contributed by atoms with van der Waals surface area (Å²) < 4.78 is 32.3. The normalized spacial score (nSPS) is 14.4. The van der Waals surface area contributed by atoms with Crippen LogP contribution in [0, 0.1) is 0 Å². The number of sulfonamides is 1. The Balaban J connectivity index is 1.63. The summed E-state index contributed by atoms with van der Waals surface area (Å²) in [4.78, 5) is 29.7. The molecule has 0 aliphatic heterocycles. The number of anilines is 1. The van der Waals surface area contributed by atoms with Gasteiger partial charge in [-0.1, -0.05) is 91.0 Å². The molecule has 1 atom stereocenters. The van der Waals surface area contributed by atoms with Crippen molar-refractivity contribution in [2.45, 2.75) is 70.0 Å². The molecule has 45 heavy (non-hydrogen) atoms. The van der Waals surface area contributed by atoms with Gasteiger partial charge < -0.3 is 15.0 Å². The number of para-hydroxylation sites is 2. The molecule has 8 nitrogen and oxygen atoms in total. The van der Waals surface area contributed by atoms with Crippen LogP contribution < -0.4 is 14.4 Å². The highest BCUT2D eigenvalue weighted by Crippen LogP contribution is 2.31. The number of carbonyl (C=O) groups is 2. The minimum absolute atomic E-state index is 0.00869. The molecule has 1 aliphatic rings. The molecule has 0 saturated heterocycles. The quantitative estimate of drug-likeness (QED) is 0.207. The van der Waals surface area contributed by atoms with Crippen molar-refractivity contribution in [3.63, 3.8) is 0 Å². The van der Waals surface area contributed by atoms with E-state index in [0.717, 1.165) is 43.9 Å². The first-order valence-electron chi connectivity index (χ1n) is 15.3. The zero-order valence-corrected chi connectivity index (χ0v) is 28.1. The SMILES string of the molecule is COc1ccccc1N(CCCC(=O)N(Cc1c(Cl)cccc1Cl)[C@H](Cc1ccccc1)C(=O)NC1CCCCC1)S(C)(=O)=O. The van der Waals surface area contributed by atoms with Crippen LogP contribution in [0.4, 0.5) is 5.69 Å². The molecule has 242 valence electrons. The Morgan fingerprint density at radius 3 is 2.22 bits per heavy atom. The minimum Gasteiger partial charge on any atom is -0.495 e. The molecule has 0 radical (unpaired) electrons. The lowest BCUT2D eigenvalue weighted by molar-refractivity contribution is -0.141. The topological polar surface area (TPSA) is 96.0 Å². The van der Waals surface area contributed by atoms with Crippen LogP contribution in [0.15, 0.2) is 72.8 Å². The van der Waals surface area contributed by atoms with Gasteiger partial charge in [0.15, 0.2) is 0 Å². The number of amides is 2. The van der Waals surface area contributed by atoms with E-state index in [1.165, 1.54) is 11.4 Å². The maximum Gasteiger partial charge on any atom is 0.243 e. The zero-order chi connectivity index (χ0) is 32.4. The van der Waals surface area contributed by atoms with Crippen LogP contribution in [0.3, 0.4) is 0 Å². The summed E-state index contributed by atoms with van der Waals surface area (Å²) in [6.07, 6.45) is 6.67. The Kier molecular flexibility index (Phi) is 12.6. The maximum absolute atomic E-state index is 14.2. The lowest BCUT2D eigenvalue weighted by atomic mass is 9.94. The minimum atomic E-state index is -3.69. The molecule has 0 bridgehead atoms. The fourth-order valence-electron chi connectivity index (χ4n) is 5.77. The van der Waals surface area contributed by atoms with Gasteiger partial charge in [0.1, 0.15) is 11.8 Å². The first-order chi connectivity index (χ1) is 21.6. The molecule has 1 N–H and O–H groups in total. The smallest absolute Gasteiger partial charge is 0.243 e. The van der Waals surface area contributed by atoms with E-state index in [9.17, 15) is 18.0 Å². The second kappa shape index (κ2) is 16.3. The van der Waals surface area contributed by atoms with E-state index >= 15 is 0 Å². The summed E-state index contributed by atoms with van der Waals surface area (Å²) >= 11 is 13.1. The van der Waals surface area contributed by atoms with Crippen molar-refractivity contribution in [1.29, 1.82) is 0 Å². The van der Waals surface area contributed by atoms with E-state index in [0.29, 0.717) is 33.5 Å². The van der Waals surface area contributed by atoms with Crippen molar-refractivity contribution in [1.82, 2.24) is 10.2 Å². The number of benzene rings is 3. The van der Waals surface area contributed by atoms with Crippen LogP contribution >= 0.6 is 23.2 Å². The van der Waals surface area contributed by atoms with Crippen molar-refractivity contribution in [2.24, 2.45) is 0 Å². The van der Waals surface area contributed by atoms with Gasteiger partial charge in [-0.3, -0.25) is 13.9 Å². The molecule has 1 aliphatic carbocycles. The van der Waals surface area contributed by atoms with Crippen LogP contribution in [0.25, 0.3) is 0 Å². The standard InChI is InChI=1S/C34H41Cl2N3O5S/c1-44-32-20-10-9-19-30(32)39(45(2,42)43)22-12-21-33(40)38(24-27-28(35)17-11-18-29(27)36)31(23-25-13-5-3-6-14-25)34(41)37-26-15-7-4-8-16-26/h3,5-6,9-11,13-14,17-20,26,31H,4,7-8,12,15-16,21-24H2,1-2H3,(H,37,41)/t31-/m1/s1. The first kappa shape index (κ1) is 34.6. The molecule has 0 spiro atoms. The van der Waals surface area contributed by atoms with Gasteiger partial charge in [-0.05, 0) is 49.1 Å². The van der Waals surface area contributed by atoms with Crippen LogP contribution in [0.1, 0.15) is 56.1 Å². The zero-order valence-electron chi connectivity index (χ0n) is 25.8. The fourth-order valence-corrected chi connectivity index (χ4v) is 7.26. The Hall–Kier alpha value is -3.27. The summed E-state index contributed by atoms with van der Waals surface area (Å²) in [5, 5.41) is 4.01. The van der Waals surface area contributed by atoms with Crippen molar-refractivity contribution >= 4 is 50.7 Å². The summed E-state index contributed by atoms with van der Waals surface area (Å²) in [6, 6.07) is 20.8. The molecule has 3 aromatic rings. The van der Waals surface area contributed by atoms with Crippen LogP contribution in [0.2, 0.25) is 10.0 Å². The van der Waals surface area contributed by atoms with Gasteiger partial charge >= 0.3 is 0 Å². The number of nitrogens with one attached hydrogen (secondary N) is 1. The number of hydrogen-bond donors (Lipinski definition) is 1. The molecule has 4 rings (SSSR count). The van der Waals surface area contributed by atoms with Crippen LogP contribution in [-0.4, -0.2) is 57.1 Å². The van der Waals surface area contributed by atoms with E-state index < -0.39 is 16.1 Å². The molecule has 3 aromatic carbocycles. The largest absolute Gasteiger partial charge is 0.495 e. The number of carbonyl (C=O) groups excluding carboxylic acids is 2. The van der Waals surface area contributed by atoms with E-state index in [1.54, 1.807) is 47.4 Å². The number of methoxy groups -OCH3 is 1. The van der Waals surface area contributed by atoms with Crippen molar-refractivity contribution < 1.29 is 22.7 Å². The van der Waals surface area contributed by atoms with Gasteiger partial charge in [0.05, 0.1) is 19.1 Å². The number of rotatable bonds is 14. The second-order valence-electron chi connectivity index (χ2n) is 11.4. The summed E-state index contributed by atoms with van der Waals surface area (Å²) in [5.74, 6) is -0.125. The van der Waals surface area contributed by atoms with E-state index in [2.05, 4.69) is 5.32 Å². The van der Waals surface area contributed by atoms with Gasteiger partial charge in [0.25, 0.3) is 0 Å². The van der Waals surface area contributed by atoms with Gasteiger partial charge in [-0.2, -0.15) is 0 Å². The highest BCUT2D eigenvalue weighted by atomic mass is 35.5. The van der Waals surface area contributed by atoms with E-state index in [-0.39, 0.29) is 43.8 Å². The van der Waals surface area contributed by atoms with Crippen LogP contribution in [-0.2, 0) is 32.6 Å². The van der Waals surface area contributed by atoms with Gasteiger partial charge in [-0.25, -0.2) is 8.42 Å². The van der Waals surface area contributed by atoms with Gasteiger partial charge in [0, 0.05) is 47.6 Å². The van der Waals surface area contributed by atoms with Gasteiger partial charge in [0.2, 0.25) is 21.8 Å². The fraction of sp³-hybridized carbons (Fsp3) is 0.412. The Bertz CT molecular complexity index is 1530. The molecule has 0 unspecified atom stereocenters. The average molecular weight is 675 g/mol. The van der Waals surface area contributed by atoms with Crippen molar-refractivity contribution in [3.05, 3.63) is 94.0 Å². The molecular formula is C34H41Cl2N3O5S. The van der Waals surface area contributed by atoms with E-state index in [1.807, 2.05) is 30.3 Å². The first-order valence-corrected chi connectivity index (χ1v) is 17.9. The predicted octanol–water partition coefficient (Wildman–Crippen LogP) is 6.64. The van der Waals surface area contributed by atoms with Gasteiger partial charge in [-0.15, -0.1) is 0 Å². The number of hydrogen-bond acceptors (Lipinski definition) is 5. The third-order valence-corrected chi connectivity index (χ3v) is 10.0. The molecule has 1 saturated carbocycles. The molecule has 0 heterocycles. The number of halogens is 2. The third-order valence-electron chi connectivity index (χ3n) is 8.12. The maximum atomic E-state index is 14.2. The molecule has 0 aromatic heterocycles. The molecule has 2 amide bonds. The Morgan fingerprint density at radius 1 is 0.933 bits per heavy atom. The lowest BCUT2D eigenvalue weighted by Gasteiger charge is -2.34. The predicted molar refractivity (Wildman–Crippen MR) is 180 cm³/mol. The summed E-state index contributed by atoms with van der Waals surface area (Å²) in [7, 11) is -2.21. The summed E-state index contributed by atoms with van der Waals surface area (Å²) in [6.45, 7) is 0.0679. The number of nitrogens with zero attached hydrogens (tertiary/aromatic N) is 2.